The third-order valence-electron chi connectivity index (χ3n) is 10.5. The molecule has 379 valence electrons. The van der Waals surface area contributed by atoms with Crippen molar-refractivity contribution in [2.24, 2.45) is 0 Å². The minimum absolute atomic E-state index is 0. The van der Waals surface area contributed by atoms with E-state index in [2.05, 4.69) is 42.7 Å². The SMILES string of the molecule is Cc1ccnc(-c2cc(C(=O)NC(CS(C)(=O)=O)C(=O)NCCN(C)C(=O)CCCCCCC(=O)ON3C(=O)CCC3=O)ccn2)c1.[Ir].[c-]1ccccc1-c1ccccn1.[c-]1ccccc1-c1ccccn1. The molecule has 0 aliphatic carbocycles. The number of unbranched alkanes of at least 4 members (excludes halogenated alkanes) is 3. The van der Waals surface area contributed by atoms with E-state index in [1.165, 1.54) is 23.2 Å². The van der Waals surface area contributed by atoms with Crippen molar-refractivity contribution in [3.05, 3.63) is 157 Å². The molecule has 7 rings (SSSR count). The second kappa shape index (κ2) is 29.7. The van der Waals surface area contributed by atoms with Crippen LogP contribution in [0.3, 0.4) is 0 Å². The molecule has 1 aliphatic rings. The molecular formula is C53H56IrN8O9S-2. The number of carbonyl (C=O) groups is 6. The maximum absolute atomic E-state index is 13.0. The number of aromatic nitrogens is 4. The van der Waals surface area contributed by atoms with E-state index in [0.29, 0.717) is 42.1 Å². The van der Waals surface area contributed by atoms with Crippen LogP contribution < -0.4 is 10.6 Å². The van der Waals surface area contributed by atoms with Gasteiger partial charge in [-0.25, -0.2) is 13.2 Å². The van der Waals surface area contributed by atoms with Crippen molar-refractivity contribution < 1.29 is 62.1 Å². The first-order valence-electron chi connectivity index (χ1n) is 22.9. The smallest absolute Gasteiger partial charge is 0.333 e. The Morgan fingerprint density at radius 2 is 1.25 bits per heavy atom. The molecule has 19 heteroatoms. The number of carbonyl (C=O) groups excluding carboxylic acids is 6. The number of benzene rings is 2. The third-order valence-corrected chi connectivity index (χ3v) is 11.4. The standard InChI is InChI=1S/C31H40N6O9S.2C11H8N.Ir/c1-21-12-14-32-23(18-21)24-19-22(13-15-33-24)30(42)35-25(20-47(3,44)45)31(43)34-16-17-36(2)26(38)8-6-4-5-7-9-29(41)46-37-27(39)10-11-28(37)40;2*1-2-6-10(7-3-1)11-8-4-5-9-12-11;/h12-15,18-19,25H,4-11,16-17,20H2,1-3H3,(H,34,43)(H,35,42);2*1-6,8-9H;/q;2*-1;. The zero-order chi connectivity index (χ0) is 51.0. The summed E-state index contributed by atoms with van der Waals surface area (Å²) in [7, 11) is -2.08. The Labute approximate surface area is 433 Å². The van der Waals surface area contributed by atoms with Gasteiger partial charge in [-0.3, -0.25) is 33.9 Å². The first kappa shape index (κ1) is 57.2. The molecule has 1 fully saturated rings. The largest absolute Gasteiger partial charge is 0.353 e. The number of hydroxylamine groups is 2. The van der Waals surface area contributed by atoms with E-state index in [1.807, 2.05) is 97.9 Å². The average Bonchev–Trinajstić information content (AvgIpc) is 3.70. The van der Waals surface area contributed by atoms with Crippen molar-refractivity contribution in [3.63, 3.8) is 0 Å². The second-order valence-corrected chi connectivity index (χ2v) is 18.5. The van der Waals surface area contributed by atoms with Crippen LogP contribution in [0.2, 0.25) is 0 Å². The number of aryl methyl sites for hydroxylation is 1. The van der Waals surface area contributed by atoms with Crippen molar-refractivity contribution in [1.82, 2.24) is 40.5 Å². The fourth-order valence-electron chi connectivity index (χ4n) is 6.75. The van der Waals surface area contributed by atoms with Gasteiger partial charge in [0, 0.05) is 103 Å². The van der Waals surface area contributed by atoms with Crippen molar-refractivity contribution >= 4 is 45.3 Å². The number of pyridine rings is 4. The topological polar surface area (TPSA) is 228 Å². The number of rotatable bonds is 19. The maximum atomic E-state index is 13.0. The number of hydrogen-bond donors (Lipinski definition) is 2. The Hall–Kier alpha value is -7.34. The molecule has 1 unspecified atom stereocenters. The van der Waals surface area contributed by atoms with Gasteiger partial charge in [0.15, 0.2) is 0 Å². The van der Waals surface area contributed by atoms with Gasteiger partial charge >= 0.3 is 5.97 Å². The van der Waals surface area contributed by atoms with Gasteiger partial charge in [-0.2, -0.15) is 0 Å². The summed E-state index contributed by atoms with van der Waals surface area (Å²) in [6.45, 7) is 2.07. The fourth-order valence-corrected chi connectivity index (χ4v) is 7.60. The van der Waals surface area contributed by atoms with Gasteiger partial charge in [0.1, 0.15) is 15.9 Å². The van der Waals surface area contributed by atoms with Gasteiger partial charge in [-0.05, 0) is 73.1 Å². The van der Waals surface area contributed by atoms with E-state index in [9.17, 15) is 37.2 Å². The summed E-state index contributed by atoms with van der Waals surface area (Å²) in [4.78, 5) is 96.5. The molecular weight excluding hydrogens is 1120 g/mol. The minimum Gasteiger partial charge on any atom is -0.353 e. The van der Waals surface area contributed by atoms with E-state index in [0.717, 1.165) is 34.3 Å². The molecule has 1 saturated heterocycles. The summed E-state index contributed by atoms with van der Waals surface area (Å²) in [6, 6.07) is 38.8. The molecule has 2 aromatic carbocycles. The molecule has 1 radical (unpaired) electrons. The van der Waals surface area contributed by atoms with Crippen molar-refractivity contribution in [1.29, 1.82) is 0 Å². The summed E-state index contributed by atoms with van der Waals surface area (Å²) in [5.74, 6) is -3.88. The molecule has 4 aromatic heterocycles. The number of hydrogen-bond acceptors (Lipinski definition) is 13. The fraction of sp³-hybridized carbons (Fsp3) is 0.283. The molecule has 17 nitrogen and oxygen atoms in total. The Morgan fingerprint density at radius 3 is 1.78 bits per heavy atom. The molecule has 0 saturated carbocycles. The maximum Gasteiger partial charge on any atom is 0.333 e. The Bertz CT molecular complexity index is 2650. The first-order chi connectivity index (χ1) is 34.2. The van der Waals surface area contributed by atoms with Gasteiger partial charge < -0.3 is 30.3 Å². The van der Waals surface area contributed by atoms with Gasteiger partial charge in [-0.1, -0.05) is 37.1 Å². The van der Waals surface area contributed by atoms with Crippen LogP contribution in [0.1, 0.15) is 67.3 Å². The van der Waals surface area contributed by atoms with Crippen LogP contribution in [0.4, 0.5) is 0 Å². The Balaban J connectivity index is 0.000000359. The minimum atomic E-state index is -3.66. The molecule has 5 heterocycles. The molecule has 1 aliphatic heterocycles. The monoisotopic (exact) mass is 1170 g/mol. The number of sulfone groups is 1. The summed E-state index contributed by atoms with van der Waals surface area (Å²) in [6.07, 6.45) is 10.3. The van der Waals surface area contributed by atoms with Crippen LogP contribution in [-0.2, 0) is 58.8 Å². The van der Waals surface area contributed by atoms with Crippen LogP contribution >= 0.6 is 0 Å². The average molecular weight is 1170 g/mol. The van der Waals surface area contributed by atoms with Crippen molar-refractivity contribution in [2.45, 2.75) is 64.3 Å². The second-order valence-electron chi connectivity index (χ2n) is 16.3. The van der Waals surface area contributed by atoms with Crippen LogP contribution in [0.25, 0.3) is 33.9 Å². The summed E-state index contributed by atoms with van der Waals surface area (Å²) >= 11 is 0. The van der Waals surface area contributed by atoms with Crippen LogP contribution in [-0.4, -0.2) is 112 Å². The van der Waals surface area contributed by atoms with Crippen LogP contribution in [0.5, 0.6) is 0 Å². The van der Waals surface area contributed by atoms with Crippen LogP contribution in [0, 0.1) is 19.1 Å². The normalized spacial score (nSPS) is 12.1. The molecule has 5 amide bonds. The Morgan fingerprint density at radius 1 is 0.708 bits per heavy atom. The van der Waals surface area contributed by atoms with Crippen molar-refractivity contribution in [2.75, 3.05) is 32.1 Å². The first-order valence-corrected chi connectivity index (χ1v) is 24.9. The number of likely N-dealkylation sites (N-methyl/N-ethyl adjacent to an activating group) is 1. The van der Waals surface area contributed by atoms with E-state index in [1.54, 1.807) is 31.7 Å². The van der Waals surface area contributed by atoms with Gasteiger partial charge in [0.05, 0.1) is 17.1 Å². The van der Waals surface area contributed by atoms with Gasteiger partial charge in [0.2, 0.25) is 11.8 Å². The van der Waals surface area contributed by atoms with Gasteiger partial charge in [-0.15, -0.1) is 76.9 Å². The summed E-state index contributed by atoms with van der Waals surface area (Å²) < 4.78 is 24.1. The predicted molar refractivity (Wildman–Crippen MR) is 266 cm³/mol. The molecule has 72 heavy (non-hydrogen) atoms. The zero-order valence-electron chi connectivity index (χ0n) is 40.2. The summed E-state index contributed by atoms with van der Waals surface area (Å²) in [5.41, 5.74) is 6.14. The Kier molecular flexibility index (Phi) is 23.7. The third kappa shape index (κ3) is 19.8. The van der Waals surface area contributed by atoms with E-state index >= 15 is 0 Å². The van der Waals surface area contributed by atoms with E-state index in [-0.39, 0.29) is 70.3 Å². The molecule has 2 N–H and O–H groups in total. The quantitative estimate of drug-likeness (QED) is 0.0523. The van der Waals surface area contributed by atoms with Crippen LogP contribution in [0.15, 0.2) is 134 Å². The zero-order valence-corrected chi connectivity index (χ0v) is 43.4. The molecule has 0 bridgehead atoms. The number of nitrogens with one attached hydrogen (secondary N) is 2. The van der Waals surface area contributed by atoms with E-state index < -0.39 is 51.2 Å². The molecule has 6 aromatic rings. The number of amides is 5. The van der Waals surface area contributed by atoms with Gasteiger partial charge in [0.25, 0.3) is 17.7 Å². The predicted octanol–water partition coefficient (Wildman–Crippen LogP) is 6.21. The molecule has 0 spiro atoms. The molecule has 1 atom stereocenters. The summed E-state index contributed by atoms with van der Waals surface area (Å²) in [5, 5.41) is 5.61. The number of imide groups is 1. The number of nitrogens with zero attached hydrogens (tertiary/aromatic N) is 6. The van der Waals surface area contributed by atoms with Crippen molar-refractivity contribution in [3.8, 4) is 33.9 Å². The van der Waals surface area contributed by atoms with E-state index in [4.69, 9.17) is 4.84 Å².